The van der Waals surface area contributed by atoms with E-state index in [-0.39, 0.29) is 0 Å². The fourth-order valence-electron chi connectivity index (χ4n) is 3.79. The Bertz CT molecular complexity index is 963. The number of nitrogens with one attached hydrogen (secondary N) is 1. The Hall–Kier alpha value is -2.55. The van der Waals surface area contributed by atoms with Gasteiger partial charge in [0.25, 0.3) is 5.91 Å². The number of hydrogen-bond acceptors (Lipinski definition) is 6. The molecule has 0 radical (unpaired) electrons. The number of ether oxygens (including phenoxy) is 1. The van der Waals surface area contributed by atoms with Crippen molar-refractivity contribution in [3.05, 3.63) is 88.2 Å². The van der Waals surface area contributed by atoms with E-state index in [9.17, 15) is 4.79 Å². The smallest absolute Gasteiger partial charge is 0.284 e. The molecule has 2 N–H and O–H groups in total. The van der Waals surface area contributed by atoms with Crippen LogP contribution in [0.1, 0.15) is 27.0 Å². The van der Waals surface area contributed by atoms with E-state index in [4.69, 9.17) is 9.94 Å². The molecule has 2 heterocycles. The third-order valence-electron chi connectivity index (χ3n) is 5.73. The summed E-state index contributed by atoms with van der Waals surface area (Å²) < 4.78 is 5.48. The lowest BCUT2D eigenvalue weighted by atomic mass is 10.1. The van der Waals surface area contributed by atoms with Crippen LogP contribution >= 0.6 is 11.3 Å². The molecule has 182 valence electrons. The monoisotopic (exact) mass is 481 g/mol. The second-order valence-corrected chi connectivity index (χ2v) is 9.23. The zero-order chi connectivity index (χ0) is 24.0. The van der Waals surface area contributed by atoms with E-state index >= 15 is 0 Å². The zero-order valence-electron chi connectivity index (χ0n) is 19.9. The largest absolute Gasteiger partial charge is 0.379 e. The van der Waals surface area contributed by atoms with Gasteiger partial charge >= 0.3 is 0 Å². The maximum absolute atomic E-state index is 11.7. The van der Waals surface area contributed by atoms with Crippen LogP contribution < -0.4 is 5.48 Å². The molecule has 0 bridgehead atoms. The molecular formula is C27H35N3O3S. The van der Waals surface area contributed by atoms with E-state index in [1.807, 2.05) is 25.1 Å². The van der Waals surface area contributed by atoms with Crippen molar-refractivity contribution < 1.29 is 14.7 Å². The second kappa shape index (κ2) is 14.7. The first kappa shape index (κ1) is 26.1. The van der Waals surface area contributed by atoms with E-state index in [1.54, 1.807) is 11.5 Å². The summed E-state index contributed by atoms with van der Waals surface area (Å²) >= 11 is 1.36. The predicted molar refractivity (Wildman–Crippen MR) is 139 cm³/mol. The van der Waals surface area contributed by atoms with E-state index in [1.165, 1.54) is 16.9 Å². The normalized spacial score (nSPS) is 15.6. The molecule has 7 heteroatoms. The van der Waals surface area contributed by atoms with Crippen molar-refractivity contribution in [2.75, 3.05) is 52.5 Å². The summed E-state index contributed by atoms with van der Waals surface area (Å²) in [6.45, 7) is 9.60. The third kappa shape index (κ3) is 8.66. The van der Waals surface area contributed by atoms with Gasteiger partial charge in [0.2, 0.25) is 0 Å². The molecule has 2 aromatic rings. The molecule has 1 aromatic carbocycles. The van der Waals surface area contributed by atoms with Gasteiger partial charge in [0, 0.05) is 44.1 Å². The average Bonchev–Trinajstić information content (AvgIpc) is 3.38. The number of allylic oxidation sites excluding steroid dienone is 5. The molecule has 1 amide bonds. The number of carbonyl (C=O) groups excluding carboxylic acids is 1. The number of carbonyl (C=O) groups is 1. The number of nitrogens with zero attached hydrogens (tertiary/aromatic N) is 2. The van der Waals surface area contributed by atoms with Crippen molar-refractivity contribution in [2.24, 2.45) is 0 Å². The van der Waals surface area contributed by atoms with Gasteiger partial charge in [-0.05, 0) is 36.6 Å². The van der Waals surface area contributed by atoms with Gasteiger partial charge in [-0.1, -0.05) is 60.7 Å². The van der Waals surface area contributed by atoms with Crippen molar-refractivity contribution in [3.63, 3.8) is 0 Å². The summed E-state index contributed by atoms with van der Waals surface area (Å²) in [6, 6.07) is 14.3. The zero-order valence-corrected chi connectivity index (χ0v) is 20.7. The average molecular weight is 482 g/mol. The lowest BCUT2D eigenvalue weighted by molar-refractivity contribution is 0.0339. The van der Waals surface area contributed by atoms with Crippen molar-refractivity contribution in [3.8, 4) is 0 Å². The van der Waals surface area contributed by atoms with Crippen molar-refractivity contribution in [2.45, 2.75) is 13.3 Å². The van der Waals surface area contributed by atoms with Crippen LogP contribution in [0.4, 0.5) is 0 Å². The van der Waals surface area contributed by atoms with Crippen LogP contribution in [0.2, 0.25) is 0 Å². The molecule has 1 aromatic heterocycles. The highest BCUT2D eigenvalue weighted by molar-refractivity contribution is 7.15. The van der Waals surface area contributed by atoms with Crippen LogP contribution in [-0.2, 0) is 11.2 Å². The molecule has 34 heavy (non-hydrogen) atoms. The lowest BCUT2D eigenvalue weighted by Gasteiger charge is -2.29. The van der Waals surface area contributed by atoms with Gasteiger partial charge in [0.1, 0.15) is 0 Å². The number of rotatable bonds is 12. The first-order valence-electron chi connectivity index (χ1n) is 11.8. The standard InChI is InChI=1S/C27H35N3O3S/c1-2-8-24(25-12-13-26(34-25)27(31)28-32)11-6-7-15-29(16-14-23-9-4-3-5-10-23)17-18-30-19-21-33-22-20-30/h2-13,32H,14-22H2,1H3,(H,28,31)/b7-6+,8-2-,24-11+. The second-order valence-electron chi connectivity index (χ2n) is 8.15. The molecule has 1 fully saturated rings. The molecule has 0 atom stereocenters. The molecule has 3 rings (SSSR count). The Morgan fingerprint density at radius 1 is 1.15 bits per heavy atom. The van der Waals surface area contributed by atoms with Crippen LogP contribution in [0.25, 0.3) is 5.57 Å². The Kier molecular flexibility index (Phi) is 11.2. The summed E-state index contributed by atoms with van der Waals surface area (Å²) in [5, 5.41) is 8.86. The molecule has 1 aliphatic rings. The van der Waals surface area contributed by atoms with Crippen LogP contribution in [0, 0.1) is 0 Å². The van der Waals surface area contributed by atoms with E-state index in [2.05, 4.69) is 58.4 Å². The van der Waals surface area contributed by atoms with Crippen molar-refractivity contribution >= 4 is 22.8 Å². The van der Waals surface area contributed by atoms with Crippen molar-refractivity contribution in [1.29, 1.82) is 0 Å². The van der Waals surface area contributed by atoms with E-state index < -0.39 is 5.91 Å². The summed E-state index contributed by atoms with van der Waals surface area (Å²) in [6.07, 6.45) is 11.4. The minimum Gasteiger partial charge on any atom is -0.379 e. The number of thiophene rings is 1. The minimum atomic E-state index is -0.485. The van der Waals surface area contributed by atoms with E-state index in [0.717, 1.165) is 69.4 Å². The van der Waals surface area contributed by atoms with Gasteiger partial charge in [-0.2, -0.15) is 0 Å². The van der Waals surface area contributed by atoms with Gasteiger partial charge in [0.15, 0.2) is 0 Å². The van der Waals surface area contributed by atoms with Gasteiger partial charge < -0.3 is 4.74 Å². The van der Waals surface area contributed by atoms with E-state index in [0.29, 0.717) is 4.88 Å². The van der Waals surface area contributed by atoms with Crippen LogP contribution in [0.3, 0.4) is 0 Å². The van der Waals surface area contributed by atoms with Crippen LogP contribution in [0.5, 0.6) is 0 Å². The first-order chi connectivity index (χ1) is 16.7. The van der Waals surface area contributed by atoms with Gasteiger partial charge in [0.05, 0.1) is 18.1 Å². The molecule has 1 saturated heterocycles. The maximum Gasteiger partial charge on any atom is 0.284 e. The first-order valence-corrected chi connectivity index (χ1v) is 12.6. The number of hydrogen-bond donors (Lipinski definition) is 2. The molecule has 0 aliphatic carbocycles. The number of hydroxylamine groups is 1. The predicted octanol–water partition coefficient (Wildman–Crippen LogP) is 4.26. The highest BCUT2D eigenvalue weighted by Crippen LogP contribution is 2.25. The molecule has 6 nitrogen and oxygen atoms in total. The lowest BCUT2D eigenvalue weighted by Crippen LogP contribution is -2.42. The van der Waals surface area contributed by atoms with Crippen molar-refractivity contribution in [1.82, 2.24) is 15.3 Å². The summed E-state index contributed by atoms with van der Waals surface area (Å²) in [5.41, 5.74) is 4.09. The minimum absolute atomic E-state index is 0.479. The summed E-state index contributed by atoms with van der Waals surface area (Å²) in [5.74, 6) is -0.485. The SMILES string of the molecule is C\C=C/C(=C\C=C\CN(CCc1ccccc1)CCN1CCOCC1)c1ccc(C(=O)NO)s1. The summed E-state index contributed by atoms with van der Waals surface area (Å²) in [4.78, 5) is 18.1. The number of morpholine rings is 1. The fraction of sp³-hybridized carbons (Fsp3) is 0.370. The molecule has 1 aliphatic heterocycles. The Balaban J connectivity index is 1.61. The highest BCUT2D eigenvalue weighted by Gasteiger charge is 2.12. The number of benzene rings is 1. The van der Waals surface area contributed by atoms with Gasteiger partial charge in [-0.3, -0.25) is 19.8 Å². The molecular weight excluding hydrogens is 446 g/mol. The Morgan fingerprint density at radius 3 is 2.65 bits per heavy atom. The van der Waals surface area contributed by atoms with Gasteiger partial charge in [-0.15, -0.1) is 11.3 Å². The molecule has 0 unspecified atom stereocenters. The van der Waals surface area contributed by atoms with Gasteiger partial charge in [-0.25, -0.2) is 5.48 Å². The Morgan fingerprint density at radius 2 is 1.91 bits per heavy atom. The number of amides is 1. The molecule has 0 spiro atoms. The summed E-state index contributed by atoms with van der Waals surface area (Å²) in [7, 11) is 0. The highest BCUT2D eigenvalue weighted by atomic mass is 32.1. The topological polar surface area (TPSA) is 65.0 Å². The third-order valence-corrected chi connectivity index (χ3v) is 6.87. The fourth-order valence-corrected chi connectivity index (χ4v) is 4.69. The van der Waals surface area contributed by atoms with Crippen LogP contribution in [-0.4, -0.2) is 73.4 Å². The Labute approximate surface area is 206 Å². The maximum atomic E-state index is 11.7. The quantitative estimate of drug-likeness (QED) is 0.269. The molecule has 0 saturated carbocycles. The van der Waals surface area contributed by atoms with Crippen LogP contribution in [0.15, 0.2) is 72.8 Å².